The third kappa shape index (κ3) is 2.97. The standard InChI is InChI=1S/C13H15F3N2/c14-13(15,16)9-6-7-12(11(17)8-9)18-10-4-2-1-3-5-10/h1-2,6-8,10,18H,3-5,17H2. The summed E-state index contributed by atoms with van der Waals surface area (Å²) in [5.74, 6) is 0. The first-order valence-electron chi connectivity index (χ1n) is 5.85. The van der Waals surface area contributed by atoms with Crippen molar-refractivity contribution in [3.05, 3.63) is 35.9 Å². The van der Waals surface area contributed by atoms with Gasteiger partial charge in [-0.1, -0.05) is 12.2 Å². The molecule has 1 atom stereocenters. The lowest BCUT2D eigenvalue weighted by molar-refractivity contribution is -0.137. The molecule has 18 heavy (non-hydrogen) atoms. The van der Waals surface area contributed by atoms with Crippen molar-refractivity contribution in [2.24, 2.45) is 0 Å². The van der Waals surface area contributed by atoms with E-state index in [4.69, 9.17) is 5.73 Å². The lowest BCUT2D eigenvalue weighted by Gasteiger charge is -2.22. The quantitative estimate of drug-likeness (QED) is 0.623. The van der Waals surface area contributed by atoms with E-state index in [2.05, 4.69) is 17.5 Å². The van der Waals surface area contributed by atoms with E-state index in [1.165, 1.54) is 6.07 Å². The maximum atomic E-state index is 12.5. The van der Waals surface area contributed by atoms with Crippen LogP contribution in [-0.2, 0) is 6.18 Å². The van der Waals surface area contributed by atoms with Crippen LogP contribution in [0.3, 0.4) is 0 Å². The molecule has 0 aromatic heterocycles. The van der Waals surface area contributed by atoms with Gasteiger partial charge in [0.15, 0.2) is 0 Å². The van der Waals surface area contributed by atoms with Gasteiger partial charge < -0.3 is 11.1 Å². The summed E-state index contributed by atoms with van der Waals surface area (Å²) in [5.41, 5.74) is 5.65. The number of nitrogens with one attached hydrogen (secondary N) is 1. The Morgan fingerprint density at radius 1 is 1.22 bits per heavy atom. The van der Waals surface area contributed by atoms with Crippen LogP contribution in [0.2, 0.25) is 0 Å². The zero-order chi connectivity index (χ0) is 13.2. The molecule has 0 saturated heterocycles. The van der Waals surface area contributed by atoms with Gasteiger partial charge in [0, 0.05) is 6.04 Å². The molecule has 2 rings (SSSR count). The van der Waals surface area contributed by atoms with Crippen molar-refractivity contribution in [2.75, 3.05) is 11.1 Å². The molecule has 0 radical (unpaired) electrons. The van der Waals surface area contributed by atoms with Gasteiger partial charge in [-0.2, -0.15) is 13.2 Å². The summed E-state index contributed by atoms with van der Waals surface area (Å²) in [6.45, 7) is 0. The van der Waals surface area contributed by atoms with Crippen molar-refractivity contribution >= 4 is 11.4 Å². The van der Waals surface area contributed by atoms with Gasteiger partial charge in [-0.3, -0.25) is 0 Å². The van der Waals surface area contributed by atoms with Gasteiger partial charge in [-0.05, 0) is 37.5 Å². The van der Waals surface area contributed by atoms with Crippen LogP contribution < -0.4 is 11.1 Å². The fourth-order valence-electron chi connectivity index (χ4n) is 2.02. The number of hydrogen-bond donors (Lipinski definition) is 2. The van der Waals surface area contributed by atoms with E-state index in [-0.39, 0.29) is 11.7 Å². The van der Waals surface area contributed by atoms with Crippen molar-refractivity contribution in [1.82, 2.24) is 0 Å². The van der Waals surface area contributed by atoms with Crippen LogP contribution in [0.15, 0.2) is 30.4 Å². The third-order valence-electron chi connectivity index (χ3n) is 3.01. The zero-order valence-corrected chi connectivity index (χ0v) is 9.80. The van der Waals surface area contributed by atoms with E-state index in [1.54, 1.807) is 0 Å². The van der Waals surface area contributed by atoms with E-state index in [9.17, 15) is 13.2 Å². The number of allylic oxidation sites excluding steroid dienone is 1. The van der Waals surface area contributed by atoms with Crippen LogP contribution >= 0.6 is 0 Å². The smallest absolute Gasteiger partial charge is 0.397 e. The minimum atomic E-state index is -4.35. The summed E-state index contributed by atoms with van der Waals surface area (Å²) in [5, 5.41) is 3.18. The van der Waals surface area contributed by atoms with Gasteiger partial charge in [0.05, 0.1) is 16.9 Å². The predicted octanol–water partition coefficient (Wildman–Crippen LogP) is 3.81. The van der Waals surface area contributed by atoms with E-state index >= 15 is 0 Å². The summed E-state index contributed by atoms with van der Waals surface area (Å²) in [6, 6.07) is 3.67. The van der Waals surface area contributed by atoms with Gasteiger partial charge in [0.25, 0.3) is 0 Å². The van der Waals surface area contributed by atoms with Gasteiger partial charge >= 0.3 is 6.18 Å². The number of nitrogen functional groups attached to an aromatic ring is 1. The third-order valence-corrected chi connectivity index (χ3v) is 3.01. The average Bonchev–Trinajstić information content (AvgIpc) is 2.32. The molecule has 0 heterocycles. The Bertz CT molecular complexity index is 452. The second-order valence-electron chi connectivity index (χ2n) is 4.43. The number of rotatable bonds is 2. The molecule has 1 aromatic carbocycles. The van der Waals surface area contributed by atoms with Crippen LogP contribution in [0.1, 0.15) is 24.8 Å². The number of benzene rings is 1. The molecule has 0 fully saturated rings. The first-order valence-corrected chi connectivity index (χ1v) is 5.85. The number of halogens is 3. The summed E-state index contributed by atoms with van der Waals surface area (Å²) in [6.07, 6.45) is 2.66. The zero-order valence-electron chi connectivity index (χ0n) is 9.80. The molecule has 1 unspecified atom stereocenters. The minimum Gasteiger partial charge on any atom is -0.397 e. The Morgan fingerprint density at radius 3 is 2.56 bits per heavy atom. The summed E-state index contributed by atoms with van der Waals surface area (Å²) in [7, 11) is 0. The Balaban J connectivity index is 2.12. The summed E-state index contributed by atoms with van der Waals surface area (Å²) >= 11 is 0. The van der Waals surface area contributed by atoms with Crippen molar-refractivity contribution in [3.63, 3.8) is 0 Å². The number of nitrogens with two attached hydrogens (primary N) is 1. The molecule has 0 bridgehead atoms. The molecule has 0 saturated carbocycles. The molecule has 1 aromatic rings. The molecule has 0 spiro atoms. The fourth-order valence-corrected chi connectivity index (χ4v) is 2.02. The predicted molar refractivity (Wildman–Crippen MR) is 66.3 cm³/mol. The molecule has 1 aliphatic carbocycles. The second-order valence-corrected chi connectivity index (χ2v) is 4.43. The highest BCUT2D eigenvalue weighted by atomic mass is 19.4. The lowest BCUT2D eigenvalue weighted by atomic mass is 10.0. The van der Waals surface area contributed by atoms with E-state index in [1.807, 2.05) is 0 Å². The van der Waals surface area contributed by atoms with Gasteiger partial charge in [-0.15, -0.1) is 0 Å². The normalized spacial score (nSPS) is 19.8. The molecule has 2 nitrogen and oxygen atoms in total. The fraction of sp³-hybridized carbons (Fsp3) is 0.385. The van der Waals surface area contributed by atoms with Gasteiger partial charge in [-0.25, -0.2) is 0 Å². The molecule has 3 N–H and O–H groups in total. The highest BCUT2D eigenvalue weighted by Gasteiger charge is 2.30. The maximum absolute atomic E-state index is 12.5. The molecule has 98 valence electrons. The largest absolute Gasteiger partial charge is 0.416 e. The van der Waals surface area contributed by atoms with Crippen LogP contribution in [-0.4, -0.2) is 6.04 Å². The second kappa shape index (κ2) is 4.92. The highest BCUT2D eigenvalue weighted by Crippen LogP contribution is 2.33. The topological polar surface area (TPSA) is 38.0 Å². The van der Waals surface area contributed by atoms with Crippen molar-refractivity contribution in [3.8, 4) is 0 Å². The van der Waals surface area contributed by atoms with Crippen LogP contribution in [0, 0.1) is 0 Å². The first kappa shape index (κ1) is 12.8. The van der Waals surface area contributed by atoms with Gasteiger partial charge in [0.1, 0.15) is 0 Å². The molecule has 5 heteroatoms. The first-order chi connectivity index (χ1) is 8.47. The molecular formula is C13H15F3N2. The number of anilines is 2. The molecule has 1 aliphatic rings. The van der Waals surface area contributed by atoms with Gasteiger partial charge in [0.2, 0.25) is 0 Å². The number of hydrogen-bond acceptors (Lipinski definition) is 2. The van der Waals surface area contributed by atoms with Crippen LogP contribution in [0.5, 0.6) is 0 Å². The maximum Gasteiger partial charge on any atom is 0.416 e. The molecular weight excluding hydrogens is 241 g/mol. The minimum absolute atomic E-state index is 0.138. The van der Waals surface area contributed by atoms with Crippen molar-refractivity contribution < 1.29 is 13.2 Å². The molecule has 0 amide bonds. The lowest BCUT2D eigenvalue weighted by Crippen LogP contribution is -2.21. The Kier molecular flexibility index (Phi) is 3.50. The van der Waals surface area contributed by atoms with E-state index < -0.39 is 11.7 Å². The Labute approximate surface area is 104 Å². The summed E-state index contributed by atoms with van der Waals surface area (Å²) < 4.78 is 37.4. The van der Waals surface area contributed by atoms with Crippen LogP contribution in [0.25, 0.3) is 0 Å². The van der Waals surface area contributed by atoms with E-state index in [0.717, 1.165) is 31.4 Å². The monoisotopic (exact) mass is 256 g/mol. The SMILES string of the molecule is Nc1cc(C(F)(F)F)ccc1NC1CC=CCC1. The van der Waals surface area contributed by atoms with Crippen molar-refractivity contribution in [1.29, 1.82) is 0 Å². The average molecular weight is 256 g/mol. The Hall–Kier alpha value is -1.65. The number of alkyl halides is 3. The van der Waals surface area contributed by atoms with Crippen molar-refractivity contribution in [2.45, 2.75) is 31.5 Å². The van der Waals surface area contributed by atoms with E-state index in [0.29, 0.717) is 5.69 Å². The summed E-state index contributed by atoms with van der Waals surface area (Å²) in [4.78, 5) is 0. The Morgan fingerprint density at radius 2 is 2.00 bits per heavy atom. The van der Waals surface area contributed by atoms with Crippen LogP contribution in [0.4, 0.5) is 24.5 Å². The highest BCUT2D eigenvalue weighted by molar-refractivity contribution is 5.67. The molecule has 0 aliphatic heterocycles.